The molecule has 0 aromatic heterocycles. The van der Waals surface area contributed by atoms with Crippen molar-refractivity contribution in [3.05, 3.63) is 154 Å². The summed E-state index contributed by atoms with van der Waals surface area (Å²) in [6.07, 6.45) is 17.0. The van der Waals surface area contributed by atoms with E-state index in [1.54, 1.807) is 12.0 Å². The van der Waals surface area contributed by atoms with Crippen LogP contribution in [0, 0.1) is 47.6 Å². The van der Waals surface area contributed by atoms with Gasteiger partial charge in [0.1, 0.15) is 0 Å². The fourth-order valence-corrected chi connectivity index (χ4v) is 10.5. The Hall–Kier alpha value is -2.31. The summed E-state index contributed by atoms with van der Waals surface area (Å²) in [5.41, 5.74) is 13.0. The summed E-state index contributed by atoms with van der Waals surface area (Å²) < 4.78 is 1.42. The van der Waals surface area contributed by atoms with Gasteiger partial charge in [0.25, 0.3) is 0 Å². The van der Waals surface area contributed by atoms with Crippen LogP contribution in [-0.2, 0) is 41.5 Å². The van der Waals surface area contributed by atoms with Crippen LogP contribution in [0.4, 0.5) is 0 Å². The minimum atomic E-state index is 0. The van der Waals surface area contributed by atoms with Crippen molar-refractivity contribution in [2.75, 3.05) is 0 Å². The van der Waals surface area contributed by atoms with Crippen molar-refractivity contribution < 1.29 is 49.0 Å². The molecule has 0 amide bonds. The van der Waals surface area contributed by atoms with E-state index in [-0.39, 0.29) is 35.6 Å². The van der Waals surface area contributed by atoms with E-state index >= 15 is 0 Å². The van der Waals surface area contributed by atoms with Gasteiger partial charge >= 0.3 is 99.2 Å². The van der Waals surface area contributed by atoms with Crippen LogP contribution in [0.2, 0.25) is 0 Å². The first-order valence-corrected chi connectivity index (χ1v) is 20.8. The standard InChI is InChI=1S/C21H25.C16H21.C13H10.2ClH.Zr/c1-20(2,3)16-7-9-18-14(12-16)11-15-13-17(21(4,5)6)8-10-19(15)18;1-10-2-3-13(4-10)16-14-6-11-5-12(8-14)9-15(16)7-11;1-3-7-12(8-4-1)11-13-9-5-2-6-10-13;;;/h7-10,12H,11H2,1-6H3;3-4,10-12,14-16H,5-9H2,1H3;1-10H;2*1H;/q2*-1;;;;+2/p-2. The molecule has 4 bridgehead atoms. The van der Waals surface area contributed by atoms with Crippen molar-refractivity contribution in [2.24, 2.45) is 35.5 Å². The van der Waals surface area contributed by atoms with Crippen LogP contribution in [0.5, 0.6) is 0 Å². The third kappa shape index (κ3) is 9.57. The average molecular weight is 819 g/mol. The van der Waals surface area contributed by atoms with E-state index in [0.717, 1.165) is 36.0 Å². The number of hydrogen-bond donors (Lipinski definition) is 0. The predicted octanol–water partition coefficient (Wildman–Crippen LogP) is 6.46. The first-order valence-electron chi connectivity index (χ1n) is 19.5. The van der Waals surface area contributed by atoms with Crippen LogP contribution < -0.4 is 24.8 Å². The molecule has 1 unspecified atom stereocenters. The molecule has 4 aromatic carbocycles. The molecule has 4 fully saturated rings. The molecule has 0 radical (unpaired) electrons. The Labute approximate surface area is 348 Å². The van der Waals surface area contributed by atoms with E-state index in [1.165, 1.54) is 97.6 Å². The second-order valence-corrected chi connectivity index (χ2v) is 19.4. The number of rotatable bonds is 3. The molecule has 4 aromatic rings. The number of fused-ring (bicyclic) bond motifs is 3. The van der Waals surface area contributed by atoms with Gasteiger partial charge in [0.2, 0.25) is 0 Å². The Morgan fingerprint density at radius 1 is 0.660 bits per heavy atom. The van der Waals surface area contributed by atoms with Gasteiger partial charge in [0.05, 0.1) is 0 Å². The second-order valence-electron chi connectivity index (χ2n) is 18.1. The molecule has 0 N–H and O–H groups in total. The van der Waals surface area contributed by atoms with Crippen LogP contribution in [0.1, 0.15) is 114 Å². The zero-order chi connectivity index (χ0) is 35.9. The third-order valence-corrected chi connectivity index (χ3v) is 13.6. The Balaban J connectivity index is 0.000000154. The maximum absolute atomic E-state index is 3.67. The number of allylic oxidation sites excluding steroid dienone is 4. The molecule has 0 aliphatic heterocycles. The average Bonchev–Trinajstić information content (AvgIpc) is 3.70. The monoisotopic (exact) mass is 816 g/mol. The molecule has 10 rings (SSSR count). The van der Waals surface area contributed by atoms with Gasteiger partial charge < -0.3 is 24.8 Å². The normalized spacial score (nSPS) is 24.3. The summed E-state index contributed by atoms with van der Waals surface area (Å²) in [6.45, 7) is 15.9. The summed E-state index contributed by atoms with van der Waals surface area (Å²) in [4.78, 5) is 0. The van der Waals surface area contributed by atoms with Gasteiger partial charge in [-0.05, 0) is 84.2 Å². The molecule has 0 nitrogen and oxygen atoms in total. The SMILES string of the molecule is CC(C)(C)c1[c-]c2c(cc1)-c1ccc(C(C)(C)C)cc1C2.CC1[C-]=CC(C2C3CC4CC(C3)CC2C4)=C1.[Cl-].[Cl-].[Zr+2]=[C](c1ccccc1)c1ccccc1. The van der Waals surface area contributed by atoms with Crippen molar-refractivity contribution >= 4 is 3.21 Å². The van der Waals surface area contributed by atoms with E-state index < -0.39 is 0 Å². The summed E-state index contributed by atoms with van der Waals surface area (Å²) in [5, 5.41) is 0. The summed E-state index contributed by atoms with van der Waals surface area (Å²) in [5.74, 6) is 5.77. The predicted molar refractivity (Wildman–Crippen MR) is 213 cm³/mol. The quantitative estimate of drug-likeness (QED) is 0.184. The zero-order valence-electron chi connectivity index (χ0n) is 32.8. The second kappa shape index (κ2) is 17.2. The molecule has 0 saturated heterocycles. The third-order valence-electron chi connectivity index (χ3n) is 12.2. The van der Waals surface area contributed by atoms with Crippen molar-refractivity contribution in [3.63, 3.8) is 0 Å². The molecule has 1 atom stereocenters. The van der Waals surface area contributed by atoms with Gasteiger partial charge in [-0.15, -0.1) is 11.1 Å². The van der Waals surface area contributed by atoms with Crippen LogP contribution >= 0.6 is 0 Å². The summed E-state index contributed by atoms with van der Waals surface area (Å²) in [6, 6.07) is 36.3. The van der Waals surface area contributed by atoms with Crippen LogP contribution in [-0.4, -0.2) is 3.21 Å². The van der Waals surface area contributed by atoms with E-state index in [9.17, 15) is 0 Å². The Bertz CT molecular complexity index is 1790. The van der Waals surface area contributed by atoms with Crippen molar-refractivity contribution in [1.29, 1.82) is 0 Å². The molecule has 53 heavy (non-hydrogen) atoms. The van der Waals surface area contributed by atoms with Crippen LogP contribution in [0.3, 0.4) is 0 Å². The van der Waals surface area contributed by atoms with E-state index in [0.29, 0.717) is 5.92 Å². The molecule has 4 saturated carbocycles. The number of halogens is 2. The molecule has 6 aliphatic carbocycles. The molecular formula is C50H56Cl2Zr-2. The van der Waals surface area contributed by atoms with Crippen LogP contribution in [0.15, 0.2) is 109 Å². The van der Waals surface area contributed by atoms with Gasteiger partial charge in [-0.2, -0.15) is 35.4 Å². The topological polar surface area (TPSA) is 0 Å². The Morgan fingerprint density at radius 2 is 1.21 bits per heavy atom. The van der Waals surface area contributed by atoms with E-state index in [2.05, 4.69) is 164 Å². The number of benzene rings is 4. The molecule has 3 heteroatoms. The van der Waals surface area contributed by atoms with Crippen LogP contribution in [0.25, 0.3) is 11.1 Å². The van der Waals surface area contributed by atoms with E-state index in [4.69, 9.17) is 0 Å². The van der Waals surface area contributed by atoms with Gasteiger partial charge in [-0.1, -0.05) is 84.1 Å². The van der Waals surface area contributed by atoms with Gasteiger partial charge in [-0.3, -0.25) is 6.08 Å². The van der Waals surface area contributed by atoms with Gasteiger partial charge in [0, 0.05) is 0 Å². The van der Waals surface area contributed by atoms with E-state index in [1.807, 2.05) is 0 Å². The first kappa shape index (κ1) is 41.8. The minimum absolute atomic E-state index is 0. The van der Waals surface area contributed by atoms with Gasteiger partial charge in [0.15, 0.2) is 0 Å². The Morgan fingerprint density at radius 3 is 1.70 bits per heavy atom. The number of hydrogen-bond acceptors (Lipinski definition) is 0. The summed E-state index contributed by atoms with van der Waals surface area (Å²) in [7, 11) is 0. The van der Waals surface area contributed by atoms with Crippen molar-refractivity contribution in [3.8, 4) is 11.1 Å². The molecule has 0 heterocycles. The van der Waals surface area contributed by atoms with Crippen molar-refractivity contribution in [1.82, 2.24) is 0 Å². The maximum atomic E-state index is 3.67. The van der Waals surface area contributed by atoms with Crippen molar-refractivity contribution in [2.45, 2.75) is 97.8 Å². The fourth-order valence-electron chi connectivity index (χ4n) is 9.69. The molecule has 0 spiro atoms. The first-order chi connectivity index (χ1) is 24.3. The summed E-state index contributed by atoms with van der Waals surface area (Å²) >= 11 is 1.46. The molecular weight excluding hydrogens is 763 g/mol. The molecule has 276 valence electrons. The Kier molecular flexibility index (Phi) is 13.6. The van der Waals surface area contributed by atoms with Gasteiger partial charge in [-0.25, -0.2) is 6.08 Å². The zero-order valence-corrected chi connectivity index (χ0v) is 36.7. The molecule has 6 aliphatic rings. The fraction of sp³-hybridized carbons (Fsp3) is 0.420.